The lowest BCUT2D eigenvalue weighted by molar-refractivity contribution is -0.107. The summed E-state index contributed by atoms with van der Waals surface area (Å²) in [5.41, 5.74) is 2.05. The van der Waals surface area contributed by atoms with Crippen LogP contribution in [0.25, 0.3) is 48.9 Å². The molecule has 1 amide bonds. The second kappa shape index (κ2) is 9.85. The van der Waals surface area contributed by atoms with Gasteiger partial charge in [-0.1, -0.05) is 0 Å². The molecule has 0 saturated carbocycles. The van der Waals surface area contributed by atoms with E-state index in [1.54, 1.807) is 25.5 Å². The van der Waals surface area contributed by atoms with Crippen molar-refractivity contribution in [3.05, 3.63) is 63.7 Å². The second-order valence-corrected chi connectivity index (χ2v) is 11.6. The van der Waals surface area contributed by atoms with E-state index in [2.05, 4.69) is 31.7 Å². The maximum Gasteiger partial charge on any atom is 0.341 e. The number of halogens is 1. The lowest BCUT2D eigenvalue weighted by atomic mass is 9.99. The number of carbonyl (C=O) groups excluding carboxylic acids is 1. The SMILES string of the molecule is [C-]#[N+]c1c(F)cc(N(C)C=O)c2[nH]c3ncc(-c4cnc5c(c4)c(=O)c(C(=O)O)cn5C)c(N4CC[C@H]5CN(C)C[C@H]54)c3c12. The van der Waals surface area contributed by atoms with Crippen molar-refractivity contribution in [3.63, 3.8) is 0 Å². The summed E-state index contributed by atoms with van der Waals surface area (Å²) < 4.78 is 17.0. The van der Waals surface area contributed by atoms with Gasteiger partial charge in [-0.25, -0.2) is 24.0 Å². The summed E-state index contributed by atoms with van der Waals surface area (Å²) in [4.78, 5) is 58.7. The van der Waals surface area contributed by atoms with Crippen molar-refractivity contribution in [2.45, 2.75) is 12.5 Å². The third-order valence-electron chi connectivity index (χ3n) is 9.00. The average Bonchev–Trinajstić information content (AvgIpc) is 3.69. The Morgan fingerprint density at radius 1 is 1.23 bits per heavy atom. The molecule has 4 aromatic heterocycles. The van der Waals surface area contributed by atoms with E-state index in [0.29, 0.717) is 63.3 Å². The van der Waals surface area contributed by atoms with Gasteiger partial charge in [0.25, 0.3) is 0 Å². The van der Waals surface area contributed by atoms with Crippen LogP contribution in [-0.2, 0) is 11.8 Å². The van der Waals surface area contributed by atoms with Gasteiger partial charge in [0, 0.05) is 80.3 Å². The number of aromatic nitrogens is 4. The Kier molecular flexibility index (Phi) is 6.15. The summed E-state index contributed by atoms with van der Waals surface area (Å²) in [5.74, 6) is -1.70. The molecule has 2 aliphatic rings. The number of hydrogen-bond acceptors (Lipinski definition) is 7. The highest BCUT2D eigenvalue weighted by Gasteiger charge is 2.42. The van der Waals surface area contributed by atoms with Crippen molar-refractivity contribution >= 4 is 62.4 Å². The number of H-pyrrole nitrogens is 1. The van der Waals surface area contributed by atoms with Crippen LogP contribution in [0.15, 0.2) is 35.5 Å². The minimum absolute atomic E-state index is 0.135. The Morgan fingerprint density at radius 2 is 2.02 bits per heavy atom. The van der Waals surface area contributed by atoms with E-state index in [1.807, 2.05) is 0 Å². The maximum absolute atomic E-state index is 15.5. The normalized spacial score (nSPS) is 18.3. The van der Waals surface area contributed by atoms with E-state index in [0.717, 1.165) is 19.5 Å². The molecular formula is C31H27FN8O4. The molecule has 5 aromatic rings. The first-order valence-electron chi connectivity index (χ1n) is 14.0. The Balaban J connectivity index is 1.60. The van der Waals surface area contributed by atoms with Crippen LogP contribution < -0.4 is 15.2 Å². The molecule has 1 aromatic carbocycles. The summed E-state index contributed by atoms with van der Waals surface area (Å²) in [6.45, 7) is 10.3. The molecule has 2 atom stereocenters. The fraction of sp³-hybridized carbons (Fsp3) is 0.290. The number of aryl methyl sites for hydroxylation is 1. The first-order chi connectivity index (χ1) is 21.1. The van der Waals surface area contributed by atoms with Crippen molar-refractivity contribution in [2.24, 2.45) is 13.0 Å². The van der Waals surface area contributed by atoms with E-state index >= 15 is 4.39 Å². The third-order valence-corrected chi connectivity index (χ3v) is 9.00. The number of nitrogens with zero attached hydrogens (tertiary/aromatic N) is 7. The summed E-state index contributed by atoms with van der Waals surface area (Å²) in [6.07, 6.45) is 6.02. The predicted octanol–water partition coefficient (Wildman–Crippen LogP) is 3.75. The fourth-order valence-electron chi connectivity index (χ4n) is 7.02. The summed E-state index contributed by atoms with van der Waals surface area (Å²) in [5, 5.41) is 10.6. The molecule has 7 rings (SSSR count). The Hall–Kier alpha value is -5.35. The molecule has 0 bridgehead atoms. The van der Waals surface area contributed by atoms with E-state index in [4.69, 9.17) is 11.6 Å². The number of carboxylic acid groups (broad SMARTS) is 1. The minimum Gasteiger partial charge on any atom is -0.477 e. The van der Waals surface area contributed by atoms with Crippen LogP contribution in [0, 0.1) is 18.3 Å². The highest BCUT2D eigenvalue weighted by atomic mass is 19.1. The van der Waals surface area contributed by atoms with Crippen LogP contribution in [0.1, 0.15) is 16.8 Å². The smallest absolute Gasteiger partial charge is 0.341 e. The molecule has 44 heavy (non-hydrogen) atoms. The molecule has 0 aliphatic carbocycles. The maximum atomic E-state index is 15.5. The van der Waals surface area contributed by atoms with Crippen LogP contribution in [0.3, 0.4) is 0 Å². The number of likely N-dealkylation sites (N-methyl/N-ethyl adjacent to an activating group) is 1. The number of anilines is 2. The molecule has 13 heteroatoms. The van der Waals surface area contributed by atoms with Crippen molar-refractivity contribution in [3.8, 4) is 11.1 Å². The van der Waals surface area contributed by atoms with Crippen molar-refractivity contribution in [1.29, 1.82) is 0 Å². The number of carboxylic acids is 1. The first-order valence-corrected chi connectivity index (χ1v) is 14.0. The van der Waals surface area contributed by atoms with Gasteiger partial charge in [0.1, 0.15) is 22.7 Å². The number of carbonyl (C=O) groups is 2. The van der Waals surface area contributed by atoms with E-state index in [-0.39, 0.29) is 28.4 Å². The molecule has 2 aliphatic heterocycles. The van der Waals surface area contributed by atoms with Crippen LogP contribution in [-0.4, -0.2) is 81.7 Å². The average molecular weight is 595 g/mol. The number of amides is 1. The predicted molar refractivity (Wildman–Crippen MR) is 164 cm³/mol. The number of rotatable bonds is 5. The monoisotopic (exact) mass is 594 g/mol. The zero-order valence-corrected chi connectivity index (χ0v) is 24.1. The third kappa shape index (κ3) is 3.87. The first kappa shape index (κ1) is 27.5. The molecule has 6 heterocycles. The van der Waals surface area contributed by atoms with Crippen LogP contribution in [0.2, 0.25) is 0 Å². The van der Waals surface area contributed by atoms with E-state index < -0.39 is 17.2 Å². The van der Waals surface area contributed by atoms with Crippen LogP contribution in [0.5, 0.6) is 0 Å². The van der Waals surface area contributed by atoms with Crippen LogP contribution in [0.4, 0.5) is 21.5 Å². The number of aromatic carboxylic acids is 1. The highest BCUT2D eigenvalue weighted by Crippen LogP contribution is 2.49. The highest BCUT2D eigenvalue weighted by molar-refractivity contribution is 6.23. The molecule has 0 radical (unpaired) electrons. The van der Waals surface area contributed by atoms with Gasteiger partial charge in [0.2, 0.25) is 17.5 Å². The number of nitrogens with one attached hydrogen (secondary N) is 1. The summed E-state index contributed by atoms with van der Waals surface area (Å²) in [7, 11) is 5.21. The number of benzene rings is 1. The van der Waals surface area contributed by atoms with Crippen LogP contribution >= 0.6 is 0 Å². The number of pyridine rings is 3. The molecule has 0 spiro atoms. The van der Waals surface area contributed by atoms with Gasteiger partial charge in [-0.3, -0.25) is 9.59 Å². The Morgan fingerprint density at radius 3 is 2.75 bits per heavy atom. The summed E-state index contributed by atoms with van der Waals surface area (Å²) >= 11 is 0. The van der Waals surface area contributed by atoms with Crippen molar-refractivity contribution in [2.75, 3.05) is 43.5 Å². The molecule has 222 valence electrons. The standard InChI is InChI=1S/C31H27FN8O4/c1-33-25-20(32)8-21(39(4)14-41)26-23(25)24-27(40-6-5-15-11-37(2)13-22(15)40)18(10-34-29(24)36-26)16-7-17-28(42)19(31(43)44)12-38(3)30(17)35-9-16/h7-10,12,14-15,22H,5-6,11,13H2,2-4H3,(H,34,36)(H,43,44)/t15-,22+/m0/s1. The Bertz CT molecular complexity index is 2170. The number of likely N-dealkylation sites (tertiary alicyclic amines) is 1. The molecule has 12 nitrogen and oxygen atoms in total. The fourth-order valence-corrected chi connectivity index (χ4v) is 7.02. The Labute approximate surface area is 249 Å². The van der Waals surface area contributed by atoms with Gasteiger partial charge in [-0.2, -0.15) is 0 Å². The van der Waals surface area contributed by atoms with Gasteiger partial charge in [-0.15, -0.1) is 0 Å². The zero-order valence-electron chi connectivity index (χ0n) is 24.1. The summed E-state index contributed by atoms with van der Waals surface area (Å²) in [6, 6.07) is 2.92. The van der Waals surface area contributed by atoms with Crippen molar-refractivity contribution in [1.82, 2.24) is 24.4 Å². The molecule has 2 N–H and O–H groups in total. The lowest BCUT2D eigenvalue weighted by Gasteiger charge is -2.29. The van der Waals surface area contributed by atoms with E-state index in [1.165, 1.54) is 28.8 Å². The second-order valence-electron chi connectivity index (χ2n) is 11.6. The molecule has 0 unspecified atom stereocenters. The number of hydrogen-bond donors (Lipinski definition) is 2. The van der Waals surface area contributed by atoms with Gasteiger partial charge in [0.05, 0.1) is 28.8 Å². The largest absolute Gasteiger partial charge is 0.477 e. The minimum atomic E-state index is -1.33. The topological polar surface area (TPSA) is 132 Å². The molecular weight excluding hydrogens is 567 g/mol. The van der Waals surface area contributed by atoms with Gasteiger partial charge >= 0.3 is 5.97 Å². The zero-order chi connectivity index (χ0) is 31.0. The molecule has 2 fully saturated rings. The van der Waals surface area contributed by atoms with Gasteiger partial charge < -0.3 is 29.4 Å². The van der Waals surface area contributed by atoms with Gasteiger partial charge in [-0.05, 0) is 31.5 Å². The number of aromatic amines is 1. The van der Waals surface area contributed by atoms with Crippen molar-refractivity contribution < 1.29 is 19.1 Å². The number of fused-ring (bicyclic) bond motifs is 5. The lowest BCUT2D eigenvalue weighted by Crippen LogP contribution is -2.35. The van der Waals surface area contributed by atoms with E-state index in [9.17, 15) is 19.5 Å². The van der Waals surface area contributed by atoms with Gasteiger partial charge in [0.15, 0.2) is 0 Å². The molecule has 2 saturated heterocycles. The quantitative estimate of drug-likeness (QED) is 0.232.